The summed E-state index contributed by atoms with van der Waals surface area (Å²) < 4.78 is 0. The summed E-state index contributed by atoms with van der Waals surface area (Å²) in [5.41, 5.74) is 1.87. The molecule has 2 aliphatic rings. The molecule has 1 aromatic carbocycles. The Kier molecular flexibility index (Phi) is 8.20. The molecule has 0 aromatic heterocycles. The molecule has 4 atom stereocenters. The van der Waals surface area contributed by atoms with Crippen molar-refractivity contribution < 1.29 is 19.2 Å². The van der Waals surface area contributed by atoms with Gasteiger partial charge in [-0.15, -0.1) is 0 Å². The number of benzene rings is 1. The summed E-state index contributed by atoms with van der Waals surface area (Å²) in [6.45, 7) is 9.00. The Bertz CT molecular complexity index is 948. The average molecular weight is 486 g/mol. The van der Waals surface area contributed by atoms with E-state index in [1.807, 2.05) is 32.9 Å². The first kappa shape index (κ1) is 26.7. The highest BCUT2D eigenvalue weighted by molar-refractivity contribution is 5.94. The summed E-state index contributed by atoms with van der Waals surface area (Å²) in [5, 5.41) is 11.7. The van der Waals surface area contributed by atoms with Crippen molar-refractivity contribution >= 4 is 23.6 Å². The molecular formula is C26H39N5O4. The number of nitrogens with one attached hydrogen (secondary N) is 4. The number of amides is 4. The summed E-state index contributed by atoms with van der Waals surface area (Å²) in [6, 6.07) is 5.74. The van der Waals surface area contributed by atoms with Crippen LogP contribution in [-0.2, 0) is 32.0 Å². The Morgan fingerprint density at radius 1 is 1.00 bits per heavy atom. The van der Waals surface area contributed by atoms with Crippen molar-refractivity contribution in [1.29, 1.82) is 0 Å². The van der Waals surface area contributed by atoms with Gasteiger partial charge in [-0.3, -0.25) is 19.2 Å². The fourth-order valence-corrected chi connectivity index (χ4v) is 4.89. The van der Waals surface area contributed by atoms with Gasteiger partial charge in [0.2, 0.25) is 23.6 Å². The van der Waals surface area contributed by atoms with Gasteiger partial charge in [-0.2, -0.15) is 0 Å². The highest BCUT2D eigenvalue weighted by Gasteiger charge is 2.45. The quantitative estimate of drug-likeness (QED) is 0.449. The zero-order valence-electron chi connectivity index (χ0n) is 21.6. The third-order valence-corrected chi connectivity index (χ3v) is 6.92. The Balaban J connectivity index is 1.79. The smallest absolute Gasteiger partial charge is 0.246 e. The molecule has 1 aromatic rings. The first-order valence-corrected chi connectivity index (χ1v) is 12.3. The molecule has 4 N–H and O–H groups in total. The van der Waals surface area contributed by atoms with Crippen molar-refractivity contribution in [2.45, 2.75) is 84.1 Å². The lowest BCUT2D eigenvalue weighted by Crippen LogP contribution is -2.60. The lowest BCUT2D eigenvalue weighted by atomic mass is 9.85. The van der Waals surface area contributed by atoms with Gasteiger partial charge in [-0.05, 0) is 49.8 Å². The van der Waals surface area contributed by atoms with Gasteiger partial charge in [0, 0.05) is 25.6 Å². The van der Waals surface area contributed by atoms with E-state index in [-0.39, 0.29) is 42.3 Å². The Hall–Kier alpha value is -2.94. The number of hydrogen-bond acceptors (Lipinski definition) is 5. The van der Waals surface area contributed by atoms with Crippen LogP contribution in [0.1, 0.15) is 52.2 Å². The van der Waals surface area contributed by atoms with Crippen molar-refractivity contribution in [3.63, 3.8) is 0 Å². The normalized spacial score (nSPS) is 21.7. The topological polar surface area (TPSA) is 120 Å². The van der Waals surface area contributed by atoms with E-state index in [4.69, 9.17) is 0 Å². The van der Waals surface area contributed by atoms with E-state index in [1.165, 1.54) is 23.0 Å². The van der Waals surface area contributed by atoms with E-state index < -0.39 is 23.5 Å². The summed E-state index contributed by atoms with van der Waals surface area (Å²) in [5.74, 6) is -1.05. The largest absolute Gasteiger partial charge is 0.352 e. The lowest BCUT2D eigenvalue weighted by Gasteiger charge is -2.36. The first-order chi connectivity index (χ1) is 16.4. The van der Waals surface area contributed by atoms with Gasteiger partial charge in [0.15, 0.2) is 0 Å². The molecule has 3 rings (SSSR count). The molecule has 9 nitrogen and oxygen atoms in total. The molecule has 0 radical (unpaired) electrons. The second kappa shape index (κ2) is 10.8. The maximum absolute atomic E-state index is 13.8. The number of fused-ring (bicyclic) bond motifs is 1. The molecule has 192 valence electrons. The number of carbonyl (C=O) groups is 4. The Morgan fingerprint density at radius 3 is 2.11 bits per heavy atom. The van der Waals surface area contributed by atoms with Crippen LogP contribution < -0.4 is 21.3 Å². The second-order valence-electron chi connectivity index (χ2n) is 10.8. The van der Waals surface area contributed by atoms with Crippen molar-refractivity contribution in [1.82, 2.24) is 26.2 Å². The van der Waals surface area contributed by atoms with Gasteiger partial charge >= 0.3 is 0 Å². The zero-order valence-corrected chi connectivity index (χ0v) is 21.6. The van der Waals surface area contributed by atoms with Crippen LogP contribution in [0.3, 0.4) is 0 Å². The standard InChI is InChI=1S/C26H39N5O4/c1-15(27-6)23(33)30-22(26(3,4)5)25(35)31-14-20(28-16(2)32)13-21(31)24(34)29-19-11-17-9-7-8-10-18(17)12-19/h7-10,15,19-22,27H,11-14H2,1-6H3,(H,28,32)(H,29,34)(H,30,33)/t15-,20-,21-,22+/m0/s1. The molecule has 0 saturated carbocycles. The highest BCUT2D eigenvalue weighted by Crippen LogP contribution is 2.27. The number of likely N-dealkylation sites (tertiary alicyclic amines) is 1. The van der Waals surface area contributed by atoms with E-state index in [0.29, 0.717) is 6.42 Å². The summed E-state index contributed by atoms with van der Waals surface area (Å²) >= 11 is 0. The maximum Gasteiger partial charge on any atom is 0.246 e. The minimum atomic E-state index is -0.826. The van der Waals surface area contributed by atoms with Crippen LogP contribution in [0, 0.1) is 5.41 Å². The molecule has 1 aliphatic heterocycles. The van der Waals surface area contributed by atoms with Gasteiger partial charge in [0.25, 0.3) is 0 Å². The van der Waals surface area contributed by atoms with Crippen LogP contribution in [0.25, 0.3) is 0 Å². The first-order valence-electron chi connectivity index (χ1n) is 12.3. The van der Waals surface area contributed by atoms with E-state index >= 15 is 0 Å². The average Bonchev–Trinajstić information content (AvgIpc) is 3.38. The minimum Gasteiger partial charge on any atom is -0.352 e. The highest BCUT2D eigenvalue weighted by atomic mass is 16.2. The SMILES string of the molecule is CN[C@@H](C)C(=O)N[C@H](C(=O)N1C[C@@H](NC(C)=O)C[C@H]1C(=O)NC1Cc2ccccc2C1)C(C)(C)C. The van der Waals surface area contributed by atoms with Crippen LogP contribution in [0.2, 0.25) is 0 Å². The van der Waals surface area contributed by atoms with E-state index in [1.54, 1.807) is 14.0 Å². The molecule has 35 heavy (non-hydrogen) atoms. The fourth-order valence-electron chi connectivity index (χ4n) is 4.89. The molecule has 4 amide bonds. The molecule has 0 spiro atoms. The number of carbonyl (C=O) groups excluding carboxylic acids is 4. The van der Waals surface area contributed by atoms with E-state index in [2.05, 4.69) is 33.4 Å². The van der Waals surface area contributed by atoms with Crippen molar-refractivity contribution in [3.8, 4) is 0 Å². The maximum atomic E-state index is 13.8. The van der Waals surface area contributed by atoms with Gasteiger partial charge in [-0.1, -0.05) is 45.0 Å². The summed E-state index contributed by atoms with van der Waals surface area (Å²) in [6.07, 6.45) is 1.83. The third-order valence-electron chi connectivity index (χ3n) is 6.92. The molecule has 1 heterocycles. The summed E-state index contributed by atoms with van der Waals surface area (Å²) in [7, 11) is 1.68. The minimum absolute atomic E-state index is 0.0359. The number of likely N-dealkylation sites (N-methyl/N-ethyl adjacent to an activating group) is 1. The molecule has 1 fully saturated rings. The van der Waals surface area contributed by atoms with Gasteiger partial charge < -0.3 is 26.2 Å². The predicted molar refractivity (Wildman–Crippen MR) is 133 cm³/mol. The number of hydrogen-bond donors (Lipinski definition) is 4. The Labute approximate surface area is 207 Å². The molecule has 1 aliphatic carbocycles. The van der Waals surface area contributed by atoms with Crippen LogP contribution in [-0.4, -0.2) is 72.3 Å². The monoisotopic (exact) mass is 485 g/mol. The summed E-state index contributed by atoms with van der Waals surface area (Å²) in [4.78, 5) is 53.1. The third kappa shape index (κ3) is 6.39. The van der Waals surface area contributed by atoms with Crippen molar-refractivity contribution in [3.05, 3.63) is 35.4 Å². The molecule has 9 heteroatoms. The van der Waals surface area contributed by atoms with Crippen LogP contribution in [0.15, 0.2) is 24.3 Å². The number of rotatable bonds is 7. The van der Waals surface area contributed by atoms with Gasteiger partial charge in [0.1, 0.15) is 12.1 Å². The Morgan fingerprint density at radius 2 is 1.60 bits per heavy atom. The predicted octanol–water partition coefficient (Wildman–Crippen LogP) is 0.514. The molecule has 0 unspecified atom stereocenters. The van der Waals surface area contributed by atoms with Crippen LogP contribution >= 0.6 is 0 Å². The van der Waals surface area contributed by atoms with Crippen molar-refractivity contribution in [2.75, 3.05) is 13.6 Å². The number of nitrogens with zero attached hydrogens (tertiary/aromatic N) is 1. The zero-order chi connectivity index (χ0) is 25.9. The van der Waals surface area contributed by atoms with Crippen LogP contribution in [0.5, 0.6) is 0 Å². The lowest BCUT2D eigenvalue weighted by molar-refractivity contribution is -0.144. The second-order valence-corrected chi connectivity index (χ2v) is 10.8. The molecular weight excluding hydrogens is 446 g/mol. The van der Waals surface area contributed by atoms with Crippen molar-refractivity contribution in [2.24, 2.45) is 5.41 Å². The molecule has 0 bridgehead atoms. The molecule has 1 saturated heterocycles. The van der Waals surface area contributed by atoms with E-state index in [9.17, 15) is 19.2 Å². The van der Waals surface area contributed by atoms with E-state index in [0.717, 1.165) is 12.8 Å². The fraction of sp³-hybridized carbons (Fsp3) is 0.615. The van der Waals surface area contributed by atoms with Gasteiger partial charge in [0.05, 0.1) is 6.04 Å². The van der Waals surface area contributed by atoms with Gasteiger partial charge in [-0.25, -0.2) is 0 Å². The van der Waals surface area contributed by atoms with Crippen LogP contribution in [0.4, 0.5) is 0 Å².